The fraction of sp³-hybridized carbons (Fsp3) is 0.174. The summed E-state index contributed by atoms with van der Waals surface area (Å²) >= 11 is 0. The molecule has 0 aliphatic carbocycles. The van der Waals surface area contributed by atoms with Crippen LogP contribution >= 0.6 is 0 Å². The Bertz CT molecular complexity index is 1140. The van der Waals surface area contributed by atoms with Gasteiger partial charge in [-0.05, 0) is 43.7 Å². The van der Waals surface area contributed by atoms with Gasteiger partial charge in [0.25, 0.3) is 11.5 Å². The molecule has 0 unspecified atom stereocenters. The predicted molar refractivity (Wildman–Crippen MR) is 117 cm³/mol. The first-order chi connectivity index (χ1) is 14.5. The number of aromatic amines is 1. The van der Waals surface area contributed by atoms with Crippen molar-refractivity contribution in [3.05, 3.63) is 76.2 Å². The lowest BCUT2D eigenvalue weighted by molar-refractivity contribution is -0.118. The number of benzene rings is 2. The number of nitrogens with zero attached hydrogens (tertiary/aromatic N) is 1. The Morgan fingerprint density at radius 1 is 1.17 bits per heavy atom. The quantitative estimate of drug-likeness (QED) is 0.624. The largest absolute Gasteiger partial charge is 0.493 e. The maximum atomic E-state index is 12.3. The topological polar surface area (TPSA) is 93.3 Å². The van der Waals surface area contributed by atoms with E-state index in [1.807, 2.05) is 31.2 Å². The van der Waals surface area contributed by atoms with E-state index < -0.39 is 0 Å². The van der Waals surface area contributed by atoms with Gasteiger partial charge in [0.2, 0.25) is 0 Å². The lowest BCUT2D eigenvalue weighted by Crippen LogP contribution is -2.20. The Kier molecular flexibility index (Phi) is 6.64. The highest BCUT2D eigenvalue weighted by atomic mass is 16.5. The van der Waals surface area contributed by atoms with E-state index in [0.29, 0.717) is 34.3 Å². The number of nitrogens with one attached hydrogen (secondary N) is 2. The van der Waals surface area contributed by atoms with E-state index in [1.54, 1.807) is 44.4 Å². The molecule has 30 heavy (non-hydrogen) atoms. The van der Waals surface area contributed by atoms with Crippen molar-refractivity contribution in [3.63, 3.8) is 0 Å². The number of amides is 1. The monoisotopic (exact) mass is 405 g/mol. The maximum absolute atomic E-state index is 12.3. The van der Waals surface area contributed by atoms with Gasteiger partial charge in [-0.2, -0.15) is 0 Å². The Hall–Kier alpha value is -3.87. The van der Waals surface area contributed by atoms with Gasteiger partial charge in [-0.15, -0.1) is 0 Å². The summed E-state index contributed by atoms with van der Waals surface area (Å²) in [6.45, 7) is 3.51. The minimum atomic E-state index is -0.322. The third kappa shape index (κ3) is 5.35. The smallest absolute Gasteiger partial charge is 0.262 e. The molecule has 154 valence electrons. The number of ether oxygens (including phenoxy) is 2. The molecular formula is C23H23N3O4. The summed E-state index contributed by atoms with van der Waals surface area (Å²) in [6, 6.07) is 14.0. The van der Waals surface area contributed by atoms with E-state index in [9.17, 15) is 9.59 Å². The molecule has 0 spiro atoms. The van der Waals surface area contributed by atoms with Crippen LogP contribution in [0.3, 0.4) is 0 Å². The molecule has 1 amide bonds. The minimum absolute atomic E-state index is 0.178. The van der Waals surface area contributed by atoms with E-state index in [-0.39, 0.29) is 18.1 Å². The van der Waals surface area contributed by atoms with Crippen molar-refractivity contribution in [2.75, 3.05) is 19.0 Å². The third-order valence-electron chi connectivity index (χ3n) is 4.20. The zero-order chi connectivity index (χ0) is 21.5. The van der Waals surface area contributed by atoms with Crippen molar-refractivity contribution in [2.24, 2.45) is 0 Å². The lowest BCUT2D eigenvalue weighted by atomic mass is 10.2. The zero-order valence-corrected chi connectivity index (χ0v) is 17.1. The molecule has 3 aromatic rings. The summed E-state index contributed by atoms with van der Waals surface area (Å²) < 4.78 is 11.0. The van der Waals surface area contributed by atoms with Crippen molar-refractivity contribution in [1.29, 1.82) is 0 Å². The summed E-state index contributed by atoms with van der Waals surface area (Å²) in [5, 5.41) is 2.79. The van der Waals surface area contributed by atoms with Gasteiger partial charge in [0, 0.05) is 23.0 Å². The highest BCUT2D eigenvalue weighted by molar-refractivity contribution is 5.92. The normalized spacial score (nSPS) is 10.8. The molecule has 7 heteroatoms. The van der Waals surface area contributed by atoms with Crippen LogP contribution in [0.2, 0.25) is 0 Å². The molecule has 1 heterocycles. The molecule has 7 nitrogen and oxygen atoms in total. The fourth-order valence-electron chi connectivity index (χ4n) is 2.90. The number of hydrogen-bond acceptors (Lipinski definition) is 5. The number of H-pyrrole nitrogens is 1. The number of rotatable bonds is 7. The summed E-state index contributed by atoms with van der Waals surface area (Å²) in [5.74, 6) is 1.15. The van der Waals surface area contributed by atoms with Crippen LogP contribution in [0, 0.1) is 6.92 Å². The highest BCUT2D eigenvalue weighted by Crippen LogP contribution is 2.28. The predicted octanol–water partition coefficient (Wildman–Crippen LogP) is 3.80. The van der Waals surface area contributed by atoms with Crippen molar-refractivity contribution in [2.45, 2.75) is 13.8 Å². The van der Waals surface area contributed by atoms with Crippen LogP contribution in [-0.4, -0.2) is 29.6 Å². The van der Waals surface area contributed by atoms with Gasteiger partial charge in [-0.1, -0.05) is 30.4 Å². The Morgan fingerprint density at radius 3 is 2.73 bits per heavy atom. The lowest BCUT2D eigenvalue weighted by Gasteiger charge is -2.12. The summed E-state index contributed by atoms with van der Waals surface area (Å²) in [7, 11) is 1.55. The van der Waals surface area contributed by atoms with Crippen molar-refractivity contribution in [3.8, 4) is 22.9 Å². The minimum Gasteiger partial charge on any atom is -0.493 e. The molecule has 0 radical (unpaired) electrons. The Labute approximate surface area is 174 Å². The van der Waals surface area contributed by atoms with Gasteiger partial charge in [0.05, 0.1) is 7.11 Å². The molecular weight excluding hydrogens is 382 g/mol. The van der Waals surface area contributed by atoms with E-state index >= 15 is 0 Å². The SMILES string of the molecule is C/C=C/c1ccc(OCC(=O)Nc2cccc(-c3nc(C)cc(=O)[nH]3)c2)c(OC)c1. The number of hydrogen-bond donors (Lipinski definition) is 2. The molecule has 0 fully saturated rings. The highest BCUT2D eigenvalue weighted by Gasteiger charge is 2.10. The molecule has 0 bridgehead atoms. The van der Waals surface area contributed by atoms with Gasteiger partial charge in [0.15, 0.2) is 18.1 Å². The first-order valence-corrected chi connectivity index (χ1v) is 9.40. The van der Waals surface area contributed by atoms with Crippen LogP contribution in [0.15, 0.2) is 59.4 Å². The van der Waals surface area contributed by atoms with E-state index in [2.05, 4.69) is 15.3 Å². The van der Waals surface area contributed by atoms with Gasteiger partial charge in [0.1, 0.15) is 5.82 Å². The van der Waals surface area contributed by atoms with Crippen LogP contribution in [0.5, 0.6) is 11.5 Å². The molecule has 0 atom stereocenters. The average molecular weight is 405 g/mol. The Morgan fingerprint density at radius 2 is 2.00 bits per heavy atom. The summed E-state index contributed by atoms with van der Waals surface area (Å²) in [6.07, 6.45) is 3.88. The van der Waals surface area contributed by atoms with Gasteiger partial charge < -0.3 is 19.8 Å². The molecule has 0 aliphatic heterocycles. The van der Waals surface area contributed by atoms with Crippen LogP contribution in [-0.2, 0) is 4.79 Å². The fourth-order valence-corrected chi connectivity index (χ4v) is 2.90. The average Bonchev–Trinajstić information content (AvgIpc) is 2.72. The third-order valence-corrected chi connectivity index (χ3v) is 4.20. The molecule has 0 saturated carbocycles. The Balaban J connectivity index is 1.68. The molecule has 0 saturated heterocycles. The number of methoxy groups -OCH3 is 1. The van der Waals surface area contributed by atoms with Crippen LogP contribution in [0.25, 0.3) is 17.5 Å². The van der Waals surface area contributed by atoms with E-state index in [0.717, 1.165) is 5.56 Å². The first kappa shape index (κ1) is 20.9. The van der Waals surface area contributed by atoms with E-state index in [4.69, 9.17) is 9.47 Å². The summed E-state index contributed by atoms with van der Waals surface area (Å²) in [4.78, 5) is 31.1. The number of allylic oxidation sites excluding steroid dienone is 1. The van der Waals surface area contributed by atoms with Gasteiger partial charge in [-0.3, -0.25) is 9.59 Å². The van der Waals surface area contributed by atoms with Crippen molar-refractivity contribution in [1.82, 2.24) is 9.97 Å². The van der Waals surface area contributed by atoms with Crippen LogP contribution < -0.4 is 20.3 Å². The van der Waals surface area contributed by atoms with E-state index in [1.165, 1.54) is 6.07 Å². The van der Waals surface area contributed by atoms with Crippen LogP contribution in [0.4, 0.5) is 5.69 Å². The van der Waals surface area contributed by atoms with Crippen LogP contribution in [0.1, 0.15) is 18.2 Å². The standard InChI is InChI=1S/C23H23N3O4/c1-4-6-16-9-10-19(20(12-16)29-3)30-14-22(28)25-18-8-5-7-17(13-18)23-24-15(2)11-21(27)26-23/h4-13H,14H2,1-3H3,(H,25,28)(H,24,26,27)/b6-4+. The molecule has 2 aromatic carbocycles. The zero-order valence-electron chi connectivity index (χ0n) is 17.1. The second kappa shape index (κ2) is 9.56. The number of carbonyl (C=O) groups excluding carboxylic acids is 1. The number of carbonyl (C=O) groups is 1. The first-order valence-electron chi connectivity index (χ1n) is 9.40. The van der Waals surface area contributed by atoms with Crippen molar-refractivity contribution >= 4 is 17.7 Å². The molecule has 0 aliphatic rings. The second-order valence-corrected chi connectivity index (χ2v) is 6.56. The number of aromatic nitrogens is 2. The number of anilines is 1. The number of aryl methyl sites for hydroxylation is 1. The molecule has 2 N–H and O–H groups in total. The maximum Gasteiger partial charge on any atom is 0.262 e. The van der Waals surface area contributed by atoms with Gasteiger partial charge >= 0.3 is 0 Å². The van der Waals surface area contributed by atoms with Gasteiger partial charge in [-0.25, -0.2) is 4.98 Å². The molecule has 3 rings (SSSR count). The summed E-state index contributed by atoms with van der Waals surface area (Å²) in [5.41, 5.74) is 2.63. The second-order valence-electron chi connectivity index (χ2n) is 6.56. The van der Waals surface area contributed by atoms with Crippen molar-refractivity contribution < 1.29 is 14.3 Å². The molecule has 1 aromatic heterocycles.